The Morgan fingerprint density at radius 2 is 1.88 bits per heavy atom. The van der Waals surface area contributed by atoms with E-state index in [1.165, 1.54) is 11.8 Å². The second-order valence-electron chi connectivity index (χ2n) is 5.53. The number of para-hydroxylation sites is 1. The number of carbonyl (C=O) groups excluding carboxylic acids is 1. The summed E-state index contributed by atoms with van der Waals surface area (Å²) in [6.07, 6.45) is 0. The summed E-state index contributed by atoms with van der Waals surface area (Å²) >= 11 is 7.26. The zero-order valence-corrected chi connectivity index (χ0v) is 16.0. The highest BCUT2D eigenvalue weighted by Gasteiger charge is 2.24. The third kappa shape index (κ3) is 4.05. The molecule has 1 amide bonds. The van der Waals surface area contributed by atoms with Gasteiger partial charge >= 0.3 is 0 Å². The standard InChI is InChI=1S/C18H18ClN5OS/c1-3-23(15-7-5-4-6-8-15)17(25)13(2)26-18-20-21-22-24(18)16-11-9-14(19)10-12-16/h4-13H,3H2,1-2H3/t13-/m1/s1. The SMILES string of the molecule is CCN(C(=O)[C@@H](C)Sc1nnnn1-c1ccc(Cl)cc1)c1ccccc1. The van der Waals surface area contributed by atoms with Crippen molar-refractivity contribution in [3.63, 3.8) is 0 Å². The van der Waals surface area contributed by atoms with Gasteiger partial charge in [-0.3, -0.25) is 4.79 Å². The minimum atomic E-state index is -0.341. The van der Waals surface area contributed by atoms with Gasteiger partial charge in [0.15, 0.2) is 0 Å². The number of halogens is 1. The van der Waals surface area contributed by atoms with Crippen molar-refractivity contribution in [3.05, 3.63) is 59.6 Å². The second-order valence-corrected chi connectivity index (χ2v) is 7.27. The second kappa shape index (κ2) is 8.33. The lowest BCUT2D eigenvalue weighted by Crippen LogP contribution is -2.36. The van der Waals surface area contributed by atoms with E-state index in [1.54, 1.807) is 21.7 Å². The molecule has 1 atom stereocenters. The van der Waals surface area contributed by atoms with E-state index in [-0.39, 0.29) is 11.2 Å². The topological polar surface area (TPSA) is 63.9 Å². The summed E-state index contributed by atoms with van der Waals surface area (Å²) in [5, 5.41) is 12.7. The third-order valence-corrected chi connectivity index (χ3v) is 5.06. The molecular formula is C18H18ClN5OS. The van der Waals surface area contributed by atoms with Crippen LogP contribution >= 0.6 is 23.4 Å². The highest BCUT2D eigenvalue weighted by Crippen LogP contribution is 2.26. The van der Waals surface area contributed by atoms with Crippen molar-refractivity contribution < 1.29 is 4.79 Å². The lowest BCUT2D eigenvalue weighted by Gasteiger charge is -2.24. The Balaban J connectivity index is 1.78. The van der Waals surface area contributed by atoms with Crippen LogP contribution in [0.15, 0.2) is 59.8 Å². The first-order chi connectivity index (χ1) is 12.6. The Hall–Kier alpha value is -2.38. The van der Waals surface area contributed by atoms with Gasteiger partial charge in [-0.2, -0.15) is 4.68 Å². The maximum atomic E-state index is 12.9. The molecule has 0 saturated heterocycles. The number of rotatable bonds is 6. The first-order valence-electron chi connectivity index (χ1n) is 8.17. The molecule has 26 heavy (non-hydrogen) atoms. The smallest absolute Gasteiger partial charge is 0.240 e. The average Bonchev–Trinajstić information content (AvgIpc) is 3.12. The van der Waals surface area contributed by atoms with Gasteiger partial charge < -0.3 is 4.90 Å². The van der Waals surface area contributed by atoms with Crippen LogP contribution in [0.5, 0.6) is 0 Å². The number of tetrazole rings is 1. The Labute approximate surface area is 161 Å². The van der Waals surface area contributed by atoms with Crippen molar-refractivity contribution >= 4 is 35.0 Å². The first-order valence-corrected chi connectivity index (χ1v) is 9.43. The van der Waals surface area contributed by atoms with E-state index in [2.05, 4.69) is 15.5 Å². The number of nitrogens with zero attached hydrogens (tertiary/aromatic N) is 5. The Bertz CT molecular complexity index is 869. The first kappa shape index (κ1) is 18.4. The molecule has 0 radical (unpaired) electrons. The van der Waals surface area contributed by atoms with Gasteiger partial charge in [0.05, 0.1) is 10.9 Å². The van der Waals surface area contributed by atoms with Crippen LogP contribution in [0.1, 0.15) is 13.8 Å². The highest BCUT2D eigenvalue weighted by molar-refractivity contribution is 8.00. The molecular weight excluding hydrogens is 370 g/mol. The molecule has 0 unspecified atom stereocenters. The van der Waals surface area contributed by atoms with Crippen LogP contribution in [0, 0.1) is 0 Å². The molecule has 0 spiro atoms. The summed E-state index contributed by atoms with van der Waals surface area (Å²) in [5.74, 6) is 0.00866. The molecule has 0 fully saturated rings. The number of carbonyl (C=O) groups is 1. The van der Waals surface area contributed by atoms with Crippen molar-refractivity contribution in [3.8, 4) is 5.69 Å². The van der Waals surface area contributed by atoms with Crippen LogP contribution in [0.2, 0.25) is 5.02 Å². The van der Waals surface area contributed by atoms with E-state index in [1.807, 2.05) is 56.3 Å². The number of thioether (sulfide) groups is 1. The molecule has 0 N–H and O–H groups in total. The molecule has 0 aliphatic heterocycles. The maximum Gasteiger partial charge on any atom is 0.240 e. The van der Waals surface area contributed by atoms with Crippen molar-refractivity contribution in [2.45, 2.75) is 24.3 Å². The lowest BCUT2D eigenvalue weighted by atomic mass is 10.2. The summed E-state index contributed by atoms with van der Waals surface area (Å²) in [5.41, 5.74) is 1.67. The summed E-state index contributed by atoms with van der Waals surface area (Å²) in [4.78, 5) is 14.7. The number of anilines is 1. The van der Waals surface area contributed by atoms with Crippen molar-refractivity contribution in [1.29, 1.82) is 0 Å². The monoisotopic (exact) mass is 387 g/mol. The minimum Gasteiger partial charge on any atom is -0.312 e. The van der Waals surface area contributed by atoms with E-state index in [9.17, 15) is 4.79 Å². The van der Waals surface area contributed by atoms with E-state index < -0.39 is 0 Å². The minimum absolute atomic E-state index is 0.00866. The summed E-state index contributed by atoms with van der Waals surface area (Å²) in [7, 11) is 0. The zero-order valence-electron chi connectivity index (χ0n) is 14.4. The van der Waals surface area contributed by atoms with Gasteiger partial charge in [-0.15, -0.1) is 5.10 Å². The van der Waals surface area contributed by atoms with Gasteiger partial charge in [0.25, 0.3) is 0 Å². The molecule has 0 bridgehead atoms. The van der Waals surface area contributed by atoms with Crippen molar-refractivity contribution in [2.75, 3.05) is 11.4 Å². The largest absolute Gasteiger partial charge is 0.312 e. The fourth-order valence-corrected chi connectivity index (χ4v) is 3.49. The van der Waals surface area contributed by atoms with Crippen LogP contribution in [-0.4, -0.2) is 37.9 Å². The van der Waals surface area contributed by atoms with Crippen LogP contribution in [0.3, 0.4) is 0 Å². The van der Waals surface area contributed by atoms with E-state index in [4.69, 9.17) is 11.6 Å². The zero-order chi connectivity index (χ0) is 18.5. The van der Waals surface area contributed by atoms with Gasteiger partial charge in [0, 0.05) is 17.3 Å². The molecule has 3 aromatic rings. The summed E-state index contributed by atoms with van der Waals surface area (Å²) in [6.45, 7) is 4.41. The van der Waals surface area contributed by atoms with E-state index in [0.29, 0.717) is 16.7 Å². The van der Waals surface area contributed by atoms with Crippen LogP contribution in [0.4, 0.5) is 5.69 Å². The van der Waals surface area contributed by atoms with Gasteiger partial charge in [-0.1, -0.05) is 41.6 Å². The van der Waals surface area contributed by atoms with Crippen molar-refractivity contribution in [1.82, 2.24) is 20.2 Å². The number of hydrogen-bond donors (Lipinski definition) is 0. The Morgan fingerprint density at radius 1 is 1.19 bits per heavy atom. The molecule has 1 aromatic heterocycles. The van der Waals surface area contributed by atoms with E-state index in [0.717, 1.165) is 11.4 Å². The number of amides is 1. The van der Waals surface area contributed by atoms with Crippen LogP contribution in [-0.2, 0) is 4.79 Å². The third-order valence-electron chi connectivity index (χ3n) is 3.79. The molecule has 8 heteroatoms. The molecule has 0 aliphatic rings. The number of hydrogen-bond acceptors (Lipinski definition) is 5. The molecule has 0 saturated carbocycles. The quantitative estimate of drug-likeness (QED) is 0.601. The molecule has 1 heterocycles. The van der Waals surface area contributed by atoms with Gasteiger partial charge in [0.1, 0.15) is 0 Å². The van der Waals surface area contributed by atoms with Gasteiger partial charge in [-0.05, 0) is 60.7 Å². The normalized spacial score (nSPS) is 12.0. The molecule has 6 nitrogen and oxygen atoms in total. The summed E-state index contributed by atoms with van der Waals surface area (Å²) in [6, 6.07) is 16.8. The fourth-order valence-electron chi connectivity index (χ4n) is 2.50. The van der Waals surface area contributed by atoms with Crippen molar-refractivity contribution in [2.24, 2.45) is 0 Å². The average molecular weight is 388 g/mol. The highest BCUT2D eigenvalue weighted by atomic mass is 35.5. The molecule has 2 aromatic carbocycles. The molecule has 0 aliphatic carbocycles. The Kier molecular flexibility index (Phi) is 5.90. The van der Waals surface area contributed by atoms with Crippen LogP contribution in [0.25, 0.3) is 5.69 Å². The molecule has 3 rings (SSSR count). The predicted octanol–water partition coefficient (Wildman–Crippen LogP) is 3.85. The van der Waals surface area contributed by atoms with Gasteiger partial charge in [-0.25, -0.2) is 0 Å². The Morgan fingerprint density at radius 3 is 2.54 bits per heavy atom. The van der Waals surface area contributed by atoms with Crippen LogP contribution < -0.4 is 4.90 Å². The lowest BCUT2D eigenvalue weighted by molar-refractivity contribution is -0.117. The number of benzene rings is 2. The van der Waals surface area contributed by atoms with E-state index >= 15 is 0 Å². The predicted molar refractivity (Wildman–Crippen MR) is 104 cm³/mol. The molecule has 134 valence electrons. The van der Waals surface area contributed by atoms with Gasteiger partial charge in [0.2, 0.25) is 11.1 Å². The summed E-state index contributed by atoms with van der Waals surface area (Å²) < 4.78 is 1.60. The number of aromatic nitrogens is 4. The fraction of sp³-hybridized carbons (Fsp3) is 0.222. The maximum absolute atomic E-state index is 12.9.